The Hall–Kier alpha value is -3.41. The molecule has 0 aliphatic rings. The normalized spacial score (nSPS) is 10.3. The molecule has 1 amide bonds. The lowest BCUT2D eigenvalue weighted by Gasteiger charge is -2.09. The van der Waals surface area contributed by atoms with E-state index in [4.69, 9.17) is 4.74 Å². The number of nitrogens with zero attached hydrogens (tertiary/aromatic N) is 2. The van der Waals surface area contributed by atoms with E-state index in [9.17, 15) is 4.79 Å². The molecule has 6 nitrogen and oxygen atoms in total. The van der Waals surface area contributed by atoms with Crippen LogP contribution in [0.5, 0.6) is 5.75 Å². The van der Waals surface area contributed by atoms with Crippen molar-refractivity contribution in [2.45, 2.75) is 13.8 Å². The van der Waals surface area contributed by atoms with Crippen molar-refractivity contribution in [1.82, 2.24) is 9.97 Å². The fourth-order valence-electron chi connectivity index (χ4n) is 2.36. The van der Waals surface area contributed by atoms with Crippen LogP contribution in [0.15, 0.2) is 54.7 Å². The van der Waals surface area contributed by atoms with Gasteiger partial charge >= 0.3 is 0 Å². The van der Waals surface area contributed by atoms with Crippen molar-refractivity contribution >= 4 is 23.2 Å². The molecule has 6 heteroatoms. The zero-order valence-corrected chi connectivity index (χ0v) is 14.9. The van der Waals surface area contributed by atoms with E-state index < -0.39 is 0 Å². The van der Waals surface area contributed by atoms with Gasteiger partial charge in [-0.2, -0.15) is 0 Å². The van der Waals surface area contributed by atoms with E-state index in [1.165, 1.54) is 11.1 Å². The van der Waals surface area contributed by atoms with Crippen molar-refractivity contribution in [3.8, 4) is 5.75 Å². The number of anilines is 3. The number of carbonyl (C=O) groups is 1. The first-order valence-electron chi connectivity index (χ1n) is 8.18. The lowest BCUT2D eigenvalue weighted by molar-refractivity contribution is 0.102. The number of rotatable bonds is 5. The van der Waals surface area contributed by atoms with Gasteiger partial charge in [0.25, 0.3) is 5.91 Å². The maximum absolute atomic E-state index is 12.4. The van der Waals surface area contributed by atoms with Gasteiger partial charge in [0.2, 0.25) is 5.95 Å². The molecule has 1 aromatic heterocycles. The van der Waals surface area contributed by atoms with E-state index >= 15 is 0 Å². The predicted octanol–water partition coefficient (Wildman–Crippen LogP) is 4.10. The summed E-state index contributed by atoms with van der Waals surface area (Å²) in [6.07, 6.45) is 1.55. The van der Waals surface area contributed by atoms with Crippen molar-refractivity contribution in [3.05, 3.63) is 71.5 Å². The molecule has 0 atom stereocenters. The lowest BCUT2D eigenvalue weighted by Crippen LogP contribution is -2.14. The summed E-state index contributed by atoms with van der Waals surface area (Å²) < 4.78 is 5.11. The van der Waals surface area contributed by atoms with Crippen LogP contribution in [-0.2, 0) is 0 Å². The van der Waals surface area contributed by atoms with Gasteiger partial charge in [0.15, 0.2) is 0 Å². The van der Waals surface area contributed by atoms with Crippen LogP contribution in [0.1, 0.15) is 21.6 Å². The average molecular weight is 348 g/mol. The first-order valence-corrected chi connectivity index (χ1v) is 8.18. The van der Waals surface area contributed by atoms with Gasteiger partial charge in [-0.05, 0) is 67.4 Å². The predicted molar refractivity (Wildman–Crippen MR) is 102 cm³/mol. The van der Waals surface area contributed by atoms with E-state index in [1.54, 1.807) is 43.6 Å². The number of hydrogen-bond acceptors (Lipinski definition) is 5. The third-order valence-electron chi connectivity index (χ3n) is 4.00. The molecule has 3 rings (SSSR count). The van der Waals surface area contributed by atoms with Gasteiger partial charge in [-0.3, -0.25) is 4.79 Å². The minimum atomic E-state index is -0.305. The quantitative estimate of drug-likeness (QED) is 0.726. The minimum Gasteiger partial charge on any atom is -0.497 e. The molecule has 26 heavy (non-hydrogen) atoms. The molecule has 0 spiro atoms. The standard InChI is InChI=1S/C20H20N4O2/c1-13-4-5-16(12-14(13)2)23-20-21-11-10-18(24-20)19(25)22-15-6-8-17(26-3)9-7-15/h4-12H,1-3H3,(H,22,25)(H,21,23,24). The molecular formula is C20H20N4O2. The van der Waals surface area contributed by atoms with Crippen LogP contribution in [0, 0.1) is 13.8 Å². The van der Waals surface area contributed by atoms with Gasteiger partial charge in [0.05, 0.1) is 7.11 Å². The minimum absolute atomic E-state index is 0.280. The van der Waals surface area contributed by atoms with Crippen LogP contribution >= 0.6 is 0 Å². The van der Waals surface area contributed by atoms with Crippen LogP contribution < -0.4 is 15.4 Å². The molecule has 132 valence electrons. The number of aryl methyl sites for hydroxylation is 2. The molecule has 0 bridgehead atoms. The molecule has 0 saturated carbocycles. The molecule has 0 unspecified atom stereocenters. The first kappa shape index (κ1) is 17.4. The van der Waals surface area contributed by atoms with Crippen LogP contribution in [0.3, 0.4) is 0 Å². The summed E-state index contributed by atoms with van der Waals surface area (Å²) in [6.45, 7) is 4.10. The fraction of sp³-hybridized carbons (Fsp3) is 0.150. The summed E-state index contributed by atoms with van der Waals surface area (Å²) in [6, 6.07) is 14.7. The van der Waals surface area contributed by atoms with Gasteiger partial charge in [0.1, 0.15) is 11.4 Å². The number of amides is 1. The van der Waals surface area contributed by atoms with Gasteiger partial charge in [-0.15, -0.1) is 0 Å². The zero-order chi connectivity index (χ0) is 18.5. The van der Waals surface area contributed by atoms with Crippen molar-refractivity contribution < 1.29 is 9.53 Å². The molecule has 3 aromatic rings. The summed E-state index contributed by atoms with van der Waals surface area (Å²) >= 11 is 0. The van der Waals surface area contributed by atoms with Crippen LogP contribution in [0.4, 0.5) is 17.3 Å². The molecule has 0 radical (unpaired) electrons. The number of ether oxygens (including phenoxy) is 1. The number of benzene rings is 2. The fourth-order valence-corrected chi connectivity index (χ4v) is 2.36. The summed E-state index contributed by atoms with van der Waals surface area (Å²) in [7, 11) is 1.60. The Morgan fingerprint density at radius 1 is 0.962 bits per heavy atom. The summed E-state index contributed by atoms with van der Waals surface area (Å²) in [5, 5.41) is 5.93. The molecule has 1 heterocycles. The Kier molecular flexibility index (Phi) is 5.12. The number of carbonyl (C=O) groups excluding carboxylic acids is 1. The van der Waals surface area contributed by atoms with Crippen molar-refractivity contribution in [2.24, 2.45) is 0 Å². The highest BCUT2D eigenvalue weighted by atomic mass is 16.5. The summed E-state index contributed by atoms with van der Waals surface area (Å²) in [5.41, 5.74) is 4.20. The van der Waals surface area contributed by atoms with Gasteiger partial charge < -0.3 is 15.4 Å². The maximum atomic E-state index is 12.4. The molecule has 0 aliphatic carbocycles. The van der Waals surface area contributed by atoms with Crippen molar-refractivity contribution in [3.63, 3.8) is 0 Å². The number of methoxy groups -OCH3 is 1. The highest BCUT2D eigenvalue weighted by Crippen LogP contribution is 2.18. The van der Waals surface area contributed by atoms with Crippen molar-refractivity contribution in [1.29, 1.82) is 0 Å². The van der Waals surface area contributed by atoms with Gasteiger partial charge in [-0.1, -0.05) is 6.07 Å². The zero-order valence-electron chi connectivity index (χ0n) is 14.9. The highest BCUT2D eigenvalue weighted by Gasteiger charge is 2.10. The van der Waals surface area contributed by atoms with Crippen LogP contribution in [-0.4, -0.2) is 23.0 Å². The SMILES string of the molecule is COc1ccc(NC(=O)c2ccnc(Nc3ccc(C)c(C)c3)n2)cc1. The second-order valence-corrected chi connectivity index (χ2v) is 5.87. The second kappa shape index (κ2) is 7.65. The van der Waals surface area contributed by atoms with Crippen LogP contribution in [0.25, 0.3) is 0 Å². The number of aromatic nitrogens is 2. The Morgan fingerprint density at radius 3 is 2.38 bits per heavy atom. The number of nitrogens with one attached hydrogen (secondary N) is 2. The highest BCUT2D eigenvalue weighted by molar-refractivity contribution is 6.03. The lowest BCUT2D eigenvalue weighted by atomic mass is 10.1. The third-order valence-corrected chi connectivity index (χ3v) is 4.00. The van der Waals surface area contributed by atoms with Crippen molar-refractivity contribution in [2.75, 3.05) is 17.7 Å². The number of hydrogen-bond donors (Lipinski definition) is 2. The Bertz CT molecular complexity index is 923. The van der Waals surface area contributed by atoms with E-state index in [2.05, 4.69) is 27.5 Å². The molecule has 2 aromatic carbocycles. The third kappa shape index (κ3) is 4.16. The Balaban J connectivity index is 1.73. The summed E-state index contributed by atoms with van der Waals surface area (Å²) in [5.74, 6) is 0.793. The first-order chi connectivity index (χ1) is 12.5. The van der Waals surface area contributed by atoms with Crippen LogP contribution in [0.2, 0.25) is 0 Å². The molecule has 0 aliphatic heterocycles. The van der Waals surface area contributed by atoms with E-state index in [-0.39, 0.29) is 11.6 Å². The van der Waals surface area contributed by atoms with Gasteiger partial charge in [-0.25, -0.2) is 9.97 Å². The monoisotopic (exact) mass is 348 g/mol. The molecular weight excluding hydrogens is 328 g/mol. The Labute approximate surface area is 152 Å². The largest absolute Gasteiger partial charge is 0.497 e. The maximum Gasteiger partial charge on any atom is 0.274 e. The molecule has 0 fully saturated rings. The Morgan fingerprint density at radius 2 is 1.69 bits per heavy atom. The van der Waals surface area contributed by atoms with E-state index in [0.29, 0.717) is 11.6 Å². The summed E-state index contributed by atoms with van der Waals surface area (Å²) in [4.78, 5) is 20.9. The van der Waals surface area contributed by atoms with Gasteiger partial charge in [0, 0.05) is 17.6 Å². The topological polar surface area (TPSA) is 76.1 Å². The van der Waals surface area contributed by atoms with E-state index in [1.807, 2.05) is 25.1 Å². The van der Waals surface area contributed by atoms with E-state index in [0.717, 1.165) is 11.4 Å². The second-order valence-electron chi connectivity index (χ2n) is 5.87. The smallest absolute Gasteiger partial charge is 0.274 e. The average Bonchev–Trinajstić information content (AvgIpc) is 2.65. The molecule has 2 N–H and O–H groups in total. The molecule has 0 saturated heterocycles.